The molecule has 4 aliphatic rings. The minimum Gasteiger partial charge on any atom is -0.379 e. The summed E-state index contributed by atoms with van der Waals surface area (Å²) in [4.78, 5) is 12.5. The van der Waals surface area contributed by atoms with Crippen LogP contribution in [0, 0.1) is 0 Å². The first-order valence-corrected chi connectivity index (χ1v) is 12.8. The number of rotatable bonds is 5. The normalized spacial score (nSPS) is 26.1. The van der Waals surface area contributed by atoms with E-state index in [2.05, 4.69) is 57.4 Å². The van der Waals surface area contributed by atoms with Gasteiger partial charge in [0, 0.05) is 63.2 Å². The molecule has 176 valence electrons. The highest BCUT2D eigenvalue weighted by molar-refractivity contribution is 5.60. The summed E-state index contributed by atoms with van der Waals surface area (Å²) in [5.74, 6) is 0. The van der Waals surface area contributed by atoms with Crippen molar-refractivity contribution in [2.45, 2.75) is 50.4 Å². The fourth-order valence-corrected chi connectivity index (χ4v) is 6.34. The molecule has 1 aliphatic carbocycles. The van der Waals surface area contributed by atoms with Crippen molar-refractivity contribution in [3.63, 3.8) is 0 Å². The highest BCUT2D eigenvalue weighted by Gasteiger charge is 2.35. The Kier molecular flexibility index (Phi) is 6.09. The maximum absolute atomic E-state index is 5.54. The second kappa shape index (κ2) is 9.34. The molecule has 2 saturated heterocycles. The van der Waals surface area contributed by atoms with E-state index in [-0.39, 0.29) is 0 Å². The third-order valence-electron chi connectivity index (χ3n) is 8.25. The van der Waals surface area contributed by atoms with Crippen molar-refractivity contribution in [2.75, 3.05) is 57.9 Å². The second-order valence-corrected chi connectivity index (χ2v) is 10.3. The van der Waals surface area contributed by atoms with Crippen LogP contribution in [0.5, 0.6) is 0 Å². The number of aryl methyl sites for hydroxylation is 1. The number of hydrogen-bond donors (Lipinski definition) is 1. The maximum atomic E-state index is 5.54. The smallest absolute Gasteiger partial charge is 0.0607 e. The van der Waals surface area contributed by atoms with Gasteiger partial charge in [-0.2, -0.15) is 0 Å². The highest BCUT2D eigenvalue weighted by atomic mass is 16.5. The zero-order chi connectivity index (χ0) is 22.2. The molecule has 2 atom stereocenters. The fraction of sp³-hybridized carbons (Fsp3) is 0.593. The number of aromatic nitrogens is 1. The van der Waals surface area contributed by atoms with Crippen molar-refractivity contribution in [3.8, 4) is 0 Å². The molecule has 0 amide bonds. The quantitative estimate of drug-likeness (QED) is 0.760. The predicted molar refractivity (Wildman–Crippen MR) is 132 cm³/mol. The Balaban J connectivity index is 1.12. The van der Waals surface area contributed by atoms with Gasteiger partial charge in [-0.1, -0.05) is 18.2 Å². The van der Waals surface area contributed by atoms with E-state index in [1.807, 2.05) is 6.20 Å². The van der Waals surface area contributed by atoms with Crippen LogP contribution in [0.25, 0.3) is 0 Å². The maximum Gasteiger partial charge on any atom is 0.0607 e. The van der Waals surface area contributed by atoms with Crippen LogP contribution >= 0.6 is 0 Å². The molecule has 0 unspecified atom stereocenters. The molecule has 3 aliphatic heterocycles. The van der Waals surface area contributed by atoms with E-state index in [0.717, 1.165) is 58.9 Å². The van der Waals surface area contributed by atoms with E-state index >= 15 is 0 Å². The third kappa shape index (κ3) is 4.30. The number of ether oxygens (including phenoxy) is 1. The van der Waals surface area contributed by atoms with Gasteiger partial charge in [0.1, 0.15) is 0 Å². The summed E-state index contributed by atoms with van der Waals surface area (Å²) in [6, 6.07) is 12.9. The summed E-state index contributed by atoms with van der Waals surface area (Å²) in [7, 11) is 2.29. The molecule has 33 heavy (non-hydrogen) atoms. The molecule has 1 N–H and O–H groups in total. The van der Waals surface area contributed by atoms with Crippen molar-refractivity contribution >= 4 is 5.69 Å². The van der Waals surface area contributed by atoms with Crippen molar-refractivity contribution in [1.82, 2.24) is 20.1 Å². The number of fused-ring (bicyclic) bond motifs is 2. The summed E-state index contributed by atoms with van der Waals surface area (Å²) < 4.78 is 5.54. The molecule has 2 fully saturated rings. The van der Waals surface area contributed by atoms with Gasteiger partial charge < -0.3 is 15.0 Å². The predicted octanol–water partition coefficient (Wildman–Crippen LogP) is 2.63. The van der Waals surface area contributed by atoms with Crippen LogP contribution in [0.15, 0.2) is 36.5 Å². The van der Waals surface area contributed by atoms with E-state index < -0.39 is 0 Å². The van der Waals surface area contributed by atoms with E-state index in [1.54, 1.807) is 5.56 Å². The zero-order valence-electron chi connectivity index (χ0n) is 19.9. The van der Waals surface area contributed by atoms with Gasteiger partial charge in [-0.25, -0.2) is 0 Å². The van der Waals surface area contributed by atoms with Crippen LogP contribution in [0.1, 0.15) is 41.3 Å². The Hall–Kier alpha value is -1.99. The Morgan fingerprint density at radius 3 is 2.85 bits per heavy atom. The van der Waals surface area contributed by atoms with Gasteiger partial charge in [-0.05, 0) is 61.6 Å². The molecular formula is C27H37N5O. The number of likely N-dealkylation sites (N-methyl/N-ethyl adjacent to an activating group) is 1. The lowest BCUT2D eigenvalue weighted by molar-refractivity contribution is 0.0105. The molecule has 2 aromatic rings. The van der Waals surface area contributed by atoms with Gasteiger partial charge >= 0.3 is 0 Å². The minimum absolute atomic E-state index is 0.443. The summed E-state index contributed by atoms with van der Waals surface area (Å²) in [6.45, 7) is 8.29. The van der Waals surface area contributed by atoms with Crippen molar-refractivity contribution in [2.24, 2.45) is 0 Å². The Morgan fingerprint density at radius 1 is 1.12 bits per heavy atom. The lowest BCUT2D eigenvalue weighted by atomic mass is 9.89. The number of benzene rings is 1. The zero-order valence-corrected chi connectivity index (χ0v) is 19.9. The van der Waals surface area contributed by atoms with E-state index in [0.29, 0.717) is 18.1 Å². The summed E-state index contributed by atoms with van der Waals surface area (Å²) in [5, 5.41) is 3.83. The average Bonchev–Trinajstić information content (AvgIpc) is 2.83. The number of hydrogen-bond acceptors (Lipinski definition) is 6. The van der Waals surface area contributed by atoms with Gasteiger partial charge in [0.15, 0.2) is 0 Å². The third-order valence-corrected chi connectivity index (χ3v) is 8.25. The lowest BCUT2D eigenvalue weighted by Crippen LogP contribution is -2.62. The first-order valence-electron chi connectivity index (χ1n) is 12.8. The molecule has 0 saturated carbocycles. The van der Waals surface area contributed by atoms with Crippen molar-refractivity contribution < 1.29 is 4.74 Å². The first kappa shape index (κ1) is 21.5. The van der Waals surface area contributed by atoms with E-state index in [1.165, 1.54) is 41.8 Å². The summed E-state index contributed by atoms with van der Waals surface area (Å²) in [5.41, 5.74) is 7.26. The van der Waals surface area contributed by atoms with Crippen LogP contribution in [-0.4, -0.2) is 79.9 Å². The van der Waals surface area contributed by atoms with Crippen LogP contribution in [0.2, 0.25) is 0 Å². The minimum atomic E-state index is 0.443. The van der Waals surface area contributed by atoms with E-state index in [9.17, 15) is 0 Å². The van der Waals surface area contributed by atoms with Crippen molar-refractivity contribution in [1.29, 1.82) is 0 Å². The Bertz CT molecular complexity index is 969. The van der Waals surface area contributed by atoms with Crippen molar-refractivity contribution in [3.05, 3.63) is 58.9 Å². The SMILES string of the molecule is CN(C[C@@H]1Cc2c(cccc2N2CC(N3CCOCC3)C2)CN1)[C@H]1CCCc2cccnc21. The van der Waals surface area contributed by atoms with Gasteiger partial charge in [0.2, 0.25) is 0 Å². The number of morpholine rings is 1. The number of nitrogens with one attached hydrogen (secondary N) is 1. The number of pyridine rings is 1. The Morgan fingerprint density at radius 2 is 1.97 bits per heavy atom. The highest BCUT2D eigenvalue weighted by Crippen LogP contribution is 2.35. The lowest BCUT2D eigenvalue weighted by Gasteiger charge is -2.49. The molecule has 0 radical (unpaired) electrons. The molecule has 0 spiro atoms. The summed E-state index contributed by atoms with van der Waals surface area (Å²) in [6.07, 6.45) is 6.72. The molecular weight excluding hydrogens is 410 g/mol. The van der Waals surface area contributed by atoms with Crippen LogP contribution in [0.4, 0.5) is 5.69 Å². The molecule has 6 heteroatoms. The van der Waals surface area contributed by atoms with E-state index in [4.69, 9.17) is 9.72 Å². The van der Waals surface area contributed by atoms with Crippen LogP contribution in [0.3, 0.4) is 0 Å². The molecule has 4 heterocycles. The van der Waals surface area contributed by atoms with Crippen LogP contribution in [-0.2, 0) is 24.1 Å². The monoisotopic (exact) mass is 447 g/mol. The average molecular weight is 448 g/mol. The fourth-order valence-electron chi connectivity index (χ4n) is 6.34. The summed E-state index contributed by atoms with van der Waals surface area (Å²) >= 11 is 0. The molecule has 0 bridgehead atoms. The largest absolute Gasteiger partial charge is 0.379 e. The number of anilines is 1. The first-order chi connectivity index (χ1) is 16.3. The van der Waals surface area contributed by atoms with Gasteiger partial charge in [-0.3, -0.25) is 14.8 Å². The molecule has 1 aromatic carbocycles. The number of nitrogens with zero attached hydrogens (tertiary/aromatic N) is 4. The van der Waals surface area contributed by atoms with Gasteiger partial charge in [-0.15, -0.1) is 0 Å². The standard InChI is InChI=1S/C27H37N5O/c1-30(26-9-2-5-20-7-4-10-28-27(20)26)17-22-15-24-21(16-29-22)6-3-8-25(24)32-18-23(19-32)31-11-13-33-14-12-31/h3-4,6-8,10,22-23,26,29H,2,5,9,11-19H2,1H3/t22-,26-/m0/s1. The topological polar surface area (TPSA) is 43.9 Å². The molecule has 6 rings (SSSR count). The van der Waals surface area contributed by atoms with Gasteiger partial charge in [0.05, 0.1) is 24.9 Å². The Labute approximate surface area is 197 Å². The molecule has 6 nitrogen and oxygen atoms in total. The molecule has 1 aromatic heterocycles. The van der Waals surface area contributed by atoms with Crippen LogP contribution < -0.4 is 10.2 Å². The van der Waals surface area contributed by atoms with Gasteiger partial charge in [0.25, 0.3) is 0 Å². The second-order valence-electron chi connectivity index (χ2n) is 10.3.